The molecule has 3 heteroatoms. The van der Waals surface area contributed by atoms with Crippen LogP contribution in [0.15, 0.2) is 42.5 Å². The second kappa shape index (κ2) is 7.23. The van der Waals surface area contributed by atoms with Crippen LogP contribution in [0, 0.1) is 20.8 Å². The molecule has 0 saturated heterocycles. The standard InChI is InChI=1S/C19H24N2O/c1-14-7-5-10-17(11-14)12-21(4)13-18(22)20-19-15(2)8-6-9-16(19)3/h5-11H,12-13H2,1-4H3,(H,20,22)/p+1. The molecule has 0 bridgehead atoms. The molecule has 2 aromatic carbocycles. The molecule has 0 radical (unpaired) electrons. The van der Waals surface area contributed by atoms with Crippen molar-refractivity contribution in [1.29, 1.82) is 0 Å². The molecule has 0 spiro atoms. The molecule has 0 saturated carbocycles. The first-order valence-corrected chi connectivity index (χ1v) is 7.68. The molecule has 22 heavy (non-hydrogen) atoms. The topological polar surface area (TPSA) is 33.5 Å². The fraction of sp³-hybridized carbons (Fsp3) is 0.316. The van der Waals surface area contributed by atoms with E-state index < -0.39 is 0 Å². The van der Waals surface area contributed by atoms with Crippen LogP contribution < -0.4 is 10.2 Å². The summed E-state index contributed by atoms with van der Waals surface area (Å²) in [6, 6.07) is 14.5. The zero-order valence-electron chi connectivity index (χ0n) is 13.9. The van der Waals surface area contributed by atoms with Crippen LogP contribution in [0.1, 0.15) is 22.3 Å². The molecule has 1 atom stereocenters. The quantitative estimate of drug-likeness (QED) is 0.872. The lowest BCUT2D eigenvalue weighted by atomic mass is 10.1. The maximum atomic E-state index is 12.3. The van der Waals surface area contributed by atoms with Crippen molar-refractivity contribution in [3.8, 4) is 0 Å². The SMILES string of the molecule is Cc1cccc(C[NH+](C)CC(=O)Nc2c(C)cccc2C)c1. The minimum absolute atomic E-state index is 0.0579. The maximum Gasteiger partial charge on any atom is 0.279 e. The third kappa shape index (κ3) is 4.43. The second-order valence-corrected chi connectivity index (χ2v) is 6.11. The Balaban J connectivity index is 1.94. The molecular weight excluding hydrogens is 272 g/mol. The van der Waals surface area contributed by atoms with Gasteiger partial charge in [0.25, 0.3) is 5.91 Å². The lowest BCUT2D eigenvalue weighted by molar-refractivity contribution is -0.885. The first-order valence-electron chi connectivity index (χ1n) is 7.68. The van der Waals surface area contributed by atoms with E-state index in [4.69, 9.17) is 0 Å². The predicted molar refractivity (Wildman–Crippen MR) is 91.2 cm³/mol. The fourth-order valence-corrected chi connectivity index (χ4v) is 2.70. The maximum absolute atomic E-state index is 12.3. The molecule has 0 fully saturated rings. The Labute approximate surface area is 133 Å². The summed E-state index contributed by atoms with van der Waals surface area (Å²) < 4.78 is 0. The number of carbonyl (C=O) groups is 1. The molecule has 2 rings (SSSR count). The van der Waals surface area contributed by atoms with Crippen LogP contribution in [0.5, 0.6) is 0 Å². The number of aryl methyl sites for hydroxylation is 3. The van der Waals surface area contributed by atoms with Gasteiger partial charge in [0.1, 0.15) is 6.54 Å². The van der Waals surface area contributed by atoms with Crippen molar-refractivity contribution in [3.63, 3.8) is 0 Å². The predicted octanol–water partition coefficient (Wildman–Crippen LogP) is 2.27. The van der Waals surface area contributed by atoms with Gasteiger partial charge >= 0.3 is 0 Å². The zero-order valence-corrected chi connectivity index (χ0v) is 13.9. The number of rotatable bonds is 5. The Kier molecular flexibility index (Phi) is 5.34. The third-order valence-corrected chi connectivity index (χ3v) is 3.80. The highest BCUT2D eigenvalue weighted by molar-refractivity contribution is 5.93. The van der Waals surface area contributed by atoms with E-state index in [1.807, 2.05) is 39.1 Å². The Morgan fingerprint density at radius 2 is 1.68 bits per heavy atom. The number of anilines is 1. The van der Waals surface area contributed by atoms with Crippen molar-refractivity contribution in [1.82, 2.24) is 0 Å². The molecule has 3 nitrogen and oxygen atoms in total. The van der Waals surface area contributed by atoms with Gasteiger partial charge in [0.05, 0.1) is 7.05 Å². The van der Waals surface area contributed by atoms with Crippen LogP contribution in [0.2, 0.25) is 0 Å². The molecule has 2 aromatic rings. The highest BCUT2D eigenvalue weighted by Crippen LogP contribution is 2.18. The van der Waals surface area contributed by atoms with Crippen molar-refractivity contribution in [2.24, 2.45) is 0 Å². The monoisotopic (exact) mass is 297 g/mol. The number of carbonyl (C=O) groups excluding carboxylic acids is 1. The van der Waals surface area contributed by atoms with E-state index in [0.29, 0.717) is 6.54 Å². The van der Waals surface area contributed by atoms with Gasteiger partial charge in [0.2, 0.25) is 0 Å². The summed E-state index contributed by atoms with van der Waals surface area (Å²) in [6.45, 7) is 7.44. The Bertz CT molecular complexity index is 644. The van der Waals surface area contributed by atoms with Gasteiger partial charge in [-0.25, -0.2) is 0 Å². The molecule has 1 unspecified atom stereocenters. The van der Waals surface area contributed by atoms with Gasteiger partial charge < -0.3 is 10.2 Å². The van der Waals surface area contributed by atoms with E-state index in [1.54, 1.807) is 0 Å². The van der Waals surface area contributed by atoms with Crippen LogP contribution >= 0.6 is 0 Å². The Hall–Kier alpha value is -2.13. The molecule has 0 aromatic heterocycles. The number of hydrogen-bond donors (Lipinski definition) is 2. The lowest BCUT2D eigenvalue weighted by Crippen LogP contribution is -3.08. The number of hydrogen-bond acceptors (Lipinski definition) is 1. The molecule has 116 valence electrons. The Morgan fingerprint density at radius 3 is 2.32 bits per heavy atom. The minimum atomic E-state index is 0.0579. The average Bonchev–Trinajstić information content (AvgIpc) is 2.43. The Morgan fingerprint density at radius 1 is 1.05 bits per heavy atom. The van der Waals surface area contributed by atoms with Crippen molar-refractivity contribution in [2.45, 2.75) is 27.3 Å². The van der Waals surface area contributed by atoms with E-state index in [2.05, 4.69) is 36.5 Å². The summed E-state index contributed by atoms with van der Waals surface area (Å²) in [5.74, 6) is 0.0579. The summed E-state index contributed by atoms with van der Waals surface area (Å²) in [5, 5.41) is 3.05. The van der Waals surface area contributed by atoms with Crippen LogP contribution in [-0.2, 0) is 11.3 Å². The summed E-state index contributed by atoms with van der Waals surface area (Å²) >= 11 is 0. The summed E-state index contributed by atoms with van der Waals surface area (Å²) in [5.41, 5.74) is 5.66. The van der Waals surface area contributed by atoms with E-state index in [0.717, 1.165) is 23.4 Å². The van der Waals surface area contributed by atoms with Crippen LogP contribution in [0.25, 0.3) is 0 Å². The molecule has 2 N–H and O–H groups in total. The lowest BCUT2D eigenvalue weighted by Gasteiger charge is -2.16. The smallest absolute Gasteiger partial charge is 0.279 e. The van der Waals surface area contributed by atoms with Crippen molar-refractivity contribution >= 4 is 11.6 Å². The minimum Gasteiger partial charge on any atom is -0.326 e. The van der Waals surface area contributed by atoms with Gasteiger partial charge in [0.15, 0.2) is 6.54 Å². The molecule has 0 aliphatic heterocycles. The summed E-state index contributed by atoms with van der Waals surface area (Å²) in [4.78, 5) is 13.4. The molecule has 1 amide bonds. The average molecular weight is 297 g/mol. The molecule has 0 aliphatic rings. The van der Waals surface area contributed by atoms with Gasteiger partial charge in [-0.05, 0) is 31.9 Å². The van der Waals surface area contributed by atoms with Crippen molar-refractivity contribution < 1.29 is 9.69 Å². The van der Waals surface area contributed by atoms with Crippen LogP contribution in [-0.4, -0.2) is 19.5 Å². The van der Waals surface area contributed by atoms with Gasteiger partial charge in [0, 0.05) is 11.3 Å². The molecular formula is C19H25N2O+. The van der Waals surface area contributed by atoms with E-state index in [-0.39, 0.29) is 5.91 Å². The number of benzene rings is 2. The first-order chi connectivity index (χ1) is 10.5. The van der Waals surface area contributed by atoms with Crippen LogP contribution in [0.3, 0.4) is 0 Å². The second-order valence-electron chi connectivity index (χ2n) is 6.11. The van der Waals surface area contributed by atoms with Crippen molar-refractivity contribution in [2.75, 3.05) is 18.9 Å². The van der Waals surface area contributed by atoms with Crippen molar-refractivity contribution in [3.05, 3.63) is 64.7 Å². The van der Waals surface area contributed by atoms with E-state index in [1.165, 1.54) is 16.0 Å². The fourth-order valence-electron chi connectivity index (χ4n) is 2.70. The highest BCUT2D eigenvalue weighted by Gasteiger charge is 2.13. The molecule has 0 aliphatic carbocycles. The largest absolute Gasteiger partial charge is 0.326 e. The summed E-state index contributed by atoms with van der Waals surface area (Å²) in [6.07, 6.45) is 0. The third-order valence-electron chi connectivity index (χ3n) is 3.80. The number of quaternary nitrogens is 1. The number of likely N-dealkylation sites (N-methyl/N-ethyl adjacent to an activating group) is 1. The van der Waals surface area contributed by atoms with Gasteiger partial charge in [-0.3, -0.25) is 4.79 Å². The normalized spacial score (nSPS) is 12.0. The summed E-state index contributed by atoms with van der Waals surface area (Å²) in [7, 11) is 2.05. The molecule has 0 heterocycles. The van der Waals surface area contributed by atoms with Gasteiger partial charge in [-0.15, -0.1) is 0 Å². The first kappa shape index (κ1) is 16.2. The van der Waals surface area contributed by atoms with Gasteiger partial charge in [-0.2, -0.15) is 0 Å². The number of nitrogens with one attached hydrogen (secondary N) is 2. The zero-order chi connectivity index (χ0) is 16.1. The van der Waals surface area contributed by atoms with Gasteiger partial charge in [-0.1, -0.05) is 48.0 Å². The van der Waals surface area contributed by atoms with Crippen LogP contribution in [0.4, 0.5) is 5.69 Å². The van der Waals surface area contributed by atoms with E-state index in [9.17, 15) is 4.79 Å². The highest BCUT2D eigenvalue weighted by atomic mass is 16.2. The van der Waals surface area contributed by atoms with E-state index >= 15 is 0 Å². The number of amides is 1. The number of para-hydroxylation sites is 1.